The van der Waals surface area contributed by atoms with Crippen molar-refractivity contribution in [1.82, 2.24) is 35.6 Å². The number of amides is 1. The van der Waals surface area contributed by atoms with Gasteiger partial charge in [-0.25, -0.2) is 9.97 Å². The highest BCUT2D eigenvalue weighted by atomic mass is 16.5. The van der Waals surface area contributed by atoms with Crippen LogP contribution in [0.15, 0.2) is 41.2 Å². The van der Waals surface area contributed by atoms with Gasteiger partial charge >= 0.3 is 0 Å². The zero-order chi connectivity index (χ0) is 28.4. The number of aryl methyl sites for hydroxylation is 1. The lowest BCUT2D eigenvalue weighted by Crippen LogP contribution is -2.21. The van der Waals surface area contributed by atoms with Gasteiger partial charge in [-0.1, -0.05) is 5.16 Å². The Labute approximate surface area is 210 Å². The van der Waals surface area contributed by atoms with Gasteiger partial charge in [0, 0.05) is 36.5 Å². The number of aliphatic hydroxyl groups is 1. The van der Waals surface area contributed by atoms with Crippen molar-refractivity contribution in [3.63, 3.8) is 0 Å². The molecular weight excluding hydrogens is 466 g/mol. The Morgan fingerprint density at radius 1 is 1.14 bits per heavy atom. The predicted octanol–water partition coefficient (Wildman–Crippen LogP) is 2.71. The summed E-state index contributed by atoms with van der Waals surface area (Å²) in [5.74, 6) is 0.490. The first-order valence-electron chi connectivity index (χ1n) is 12.1. The fourth-order valence-electron chi connectivity index (χ4n) is 3.24. The molecule has 0 aromatic carbocycles. The topological polar surface area (TPSA) is 173 Å². The van der Waals surface area contributed by atoms with Crippen molar-refractivity contribution < 1.29 is 23.3 Å². The van der Waals surface area contributed by atoms with E-state index in [1.807, 2.05) is 5.32 Å². The molecule has 1 amide bonds. The second-order valence-corrected chi connectivity index (χ2v) is 8.06. The number of carbonyl (C=O) groups is 1. The molecule has 0 spiro atoms. The number of hydrogen-bond donors (Lipinski definition) is 4. The summed E-state index contributed by atoms with van der Waals surface area (Å²) in [5.41, 5.74) is -0.324. The van der Waals surface area contributed by atoms with Gasteiger partial charge in [0.15, 0.2) is 23.1 Å². The third kappa shape index (κ3) is 5.20. The van der Waals surface area contributed by atoms with Crippen LogP contribution in [-0.4, -0.2) is 55.4 Å². The van der Waals surface area contributed by atoms with E-state index in [-0.39, 0.29) is 34.6 Å². The van der Waals surface area contributed by atoms with E-state index in [4.69, 9.17) is 13.4 Å². The van der Waals surface area contributed by atoms with Gasteiger partial charge < -0.3 is 30.3 Å². The van der Waals surface area contributed by atoms with Gasteiger partial charge in [-0.15, -0.1) is 10.2 Å². The van der Waals surface area contributed by atoms with E-state index in [1.165, 1.54) is 25.6 Å². The van der Waals surface area contributed by atoms with Crippen molar-refractivity contribution in [3.8, 4) is 17.1 Å². The number of nitrogens with zero attached hydrogens (tertiary/aromatic N) is 6. The lowest BCUT2D eigenvalue weighted by atomic mass is 10.00. The molecule has 0 fully saturated rings. The average Bonchev–Trinajstić information content (AvgIpc) is 3.28. The highest BCUT2D eigenvalue weighted by Crippen LogP contribution is 2.35. The SMILES string of the molecule is [2H]C([2H])([2H])NC(=O)c1nnc(Nc2cc(C(C)(C)O)ccn2)cc1Nc1nccc(-c2noc(C)n2)c1OC. The molecule has 0 saturated heterocycles. The van der Waals surface area contributed by atoms with Gasteiger partial charge in [-0.2, -0.15) is 4.98 Å². The summed E-state index contributed by atoms with van der Waals surface area (Å²) < 4.78 is 32.8. The molecule has 186 valence electrons. The van der Waals surface area contributed by atoms with Crippen LogP contribution in [0.2, 0.25) is 0 Å². The summed E-state index contributed by atoms with van der Waals surface area (Å²) in [4.78, 5) is 25.5. The molecule has 36 heavy (non-hydrogen) atoms. The molecular formula is C23H25N9O4. The maximum atomic E-state index is 12.8. The maximum Gasteiger partial charge on any atom is 0.273 e. The van der Waals surface area contributed by atoms with E-state index in [0.717, 1.165) is 0 Å². The molecule has 0 aliphatic carbocycles. The van der Waals surface area contributed by atoms with Gasteiger partial charge in [0.25, 0.3) is 5.91 Å². The summed E-state index contributed by atoms with van der Waals surface area (Å²) in [6, 6.07) is 6.34. The zero-order valence-electron chi connectivity index (χ0n) is 22.8. The minimum atomic E-state index is -2.76. The Hall–Kier alpha value is -4.65. The van der Waals surface area contributed by atoms with Crippen LogP contribution < -0.4 is 20.7 Å². The van der Waals surface area contributed by atoms with Crippen LogP contribution in [0, 0.1) is 6.92 Å². The number of ether oxygens (including phenoxy) is 1. The molecule has 0 radical (unpaired) electrons. The molecule has 4 aromatic rings. The quantitative estimate of drug-likeness (QED) is 0.282. The largest absolute Gasteiger partial charge is 0.492 e. The molecule has 4 aromatic heterocycles. The molecule has 0 atom stereocenters. The Kier molecular flexibility index (Phi) is 5.70. The monoisotopic (exact) mass is 494 g/mol. The van der Waals surface area contributed by atoms with Gasteiger partial charge in [-0.05, 0) is 37.6 Å². The van der Waals surface area contributed by atoms with Crippen LogP contribution >= 0.6 is 0 Å². The number of rotatable bonds is 8. The van der Waals surface area contributed by atoms with Crippen molar-refractivity contribution in [2.24, 2.45) is 0 Å². The molecule has 13 nitrogen and oxygen atoms in total. The van der Waals surface area contributed by atoms with Crippen LogP contribution in [-0.2, 0) is 5.60 Å². The number of aromatic nitrogens is 6. The Morgan fingerprint density at radius 3 is 2.64 bits per heavy atom. The van der Waals surface area contributed by atoms with E-state index in [0.29, 0.717) is 22.8 Å². The third-order valence-electron chi connectivity index (χ3n) is 4.98. The molecule has 4 N–H and O–H groups in total. The van der Waals surface area contributed by atoms with Gasteiger partial charge in [-0.3, -0.25) is 4.79 Å². The highest BCUT2D eigenvalue weighted by molar-refractivity contribution is 5.98. The first-order valence-corrected chi connectivity index (χ1v) is 10.6. The molecule has 4 heterocycles. The van der Waals surface area contributed by atoms with Crippen molar-refractivity contribution in [2.45, 2.75) is 26.4 Å². The number of anilines is 4. The lowest BCUT2D eigenvalue weighted by molar-refractivity contribution is 0.0785. The second-order valence-electron chi connectivity index (χ2n) is 8.06. The highest BCUT2D eigenvalue weighted by Gasteiger charge is 2.21. The van der Waals surface area contributed by atoms with Crippen LogP contribution in [0.3, 0.4) is 0 Å². The molecule has 0 saturated carbocycles. The van der Waals surface area contributed by atoms with Crippen molar-refractivity contribution in [3.05, 3.63) is 53.8 Å². The smallest absolute Gasteiger partial charge is 0.273 e. The third-order valence-corrected chi connectivity index (χ3v) is 4.98. The van der Waals surface area contributed by atoms with E-state index in [9.17, 15) is 9.90 Å². The summed E-state index contributed by atoms with van der Waals surface area (Å²) in [6.07, 6.45) is 2.98. The number of pyridine rings is 2. The van der Waals surface area contributed by atoms with Crippen molar-refractivity contribution in [2.75, 3.05) is 24.7 Å². The Morgan fingerprint density at radius 2 is 1.94 bits per heavy atom. The van der Waals surface area contributed by atoms with Crippen LogP contribution in [0.1, 0.15) is 39.9 Å². The van der Waals surface area contributed by atoms with Crippen molar-refractivity contribution >= 4 is 29.0 Å². The van der Waals surface area contributed by atoms with E-state index < -0.39 is 18.5 Å². The zero-order valence-corrected chi connectivity index (χ0v) is 19.8. The number of carbonyl (C=O) groups excluding carboxylic acids is 1. The first-order chi connectivity index (χ1) is 18.3. The Bertz CT molecular complexity index is 1500. The fraction of sp³-hybridized carbons (Fsp3) is 0.261. The lowest BCUT2D eigenvalue weighted by Gasteiger charge is -2.18. The molecule has 0 aliphatic rings. The second kappa shape index (κ2) is 9.92. The molecule has 13 heteroatoms. The number of methoxy groups -OCH3 is 1. The van der Waals surface area contributed by atoms with Crippen LogP contribution in [0.25, 0.3) is 11.4 Å². The first kappa shape index (κ1) is 20.7. The van der Waals surface area contributed by atoms with Gasteiger partial charge in [0.2, 0.25) is 11.7 Å². The molecule has 0 bridgehead atoms. The molecule has 4 rings (SSSR count). The van der Waals surface area contributed by atoms with E-state index in [2.05, 4.69) is 40.9 Å². The summed E-state index contributed by atoms with van der Waals surface area (Å²) in [5, 5.41) is 30.0. The summed E-state index contributed by atoms with van der Waals surface area (Å²) in [7, 11) is 1.42. The minimum absolute atomic E-state index is 0.0557. The minimum Gasteiger partial charge on any atom is -0.492 e. The fourth-order valence-corrected chi connectivity index (χ4v) is 3.24. The maximum absolute atomic E-state index is 12.8. The van der Waals surface area contributed by atoms with Gasteiger partial charge in [0.05, 0.1) is 24.0 Å². The van der Waals surface area contributed by atoms with Crippen molar-refractivity contribution in [1.29, 1.82) is 0 Å². The predicted molar refractivity (Wildman–Crippen MR) is 130 cm³/mol. The average molecular weight is 495 g/mol. The summed E-state index contributed by atoms with van der Waals surface area (Å²) in [6.45, 7) is 2.15. The van der Waals surface area contributed by atoms with Crippen LogP contribution in [0.4, 0.5) is 23.1 Å². The standard InChI is InChI=1S/C23H25N9O4/c1-12-27-20(32-36-12)14-7-9-26-21(19(14)35-5)28-15-11-17(30-31-18(15)22(33)24-4)29-16-10-13(6-8-25-16)23(2,3)34/h6-11,34H,1-5H3,(H,24,33)(H2,25,26,28,29,30)/i4D3. The molecule has 0 aliphatic heterocycles. The van der Waals surface area contributed by atoms with Gasteiger partial charge in [0.1, 0.15) is 5.82 Å². The Balaban J connectivity index is 1.75. The normalized spacial score (nSPS) is 12.8. The number of hydrogen-bond acceptors (Lipinski definition) is 12. The van der Waals surface area contributed by atoms with E-state index in [1.54, 1.807) is 39.0 Å². The van der Waals surface area contributed by atoms with Crippen LogP contribution in [0.5, 0.6) is 5.75 Å². The molecule has 0 unspecified atom stereocenters. The summed E-state index contributed by atoms with van der Waals surface area (Å²) >= 11 is 0. The van der Waals surface area contributed by atoms with E-state index >= 15 is 0 Å². The number of nitrogens with one attached hydrogen (secondary N) is 3.